The molecule has 0 saturated carbocycles. The predicted molar refractivity (Wildman–Crippen MR) is 49.8 cm³/mol. The Kier molecular flexibility index (Phi) is 19.6. The van der Waals surface area contributed by atoms with Gasteiger partial charge in [-0.2, -0.15) is 0 Å². The van der Waals surface area contributed by atoms with Crippen LogP contribution in [-0.4, -0.2) is 30.0 Å². The molecule has 12 heavy (non-hydrogen) atoms. The maximum Gasteiger partial charge on any atom is 0.0873 e. The molecule has 3 nitrogen and oxygen atoms in total. The summed E-state index contributed by atoms with van der Waals surface area (Å²) >= 11 is 0. The van der Waals surface area contributed by atoms with Crippen molar-refractivity contribution in [2.24, 2.45) is 0 Å². The van der Waals surface area contributed by atoms with E-state index in [1.54, 1.807) is 6.26 Å². The van der Waals surface area contributed by atoms with Crippen LogP contribution >= 0.6 is 0 Å². The maximum absolute atomic E-state index is 7.62. The van der Waals surface area contributed by atoms with Crippen LogP contribution in [0.1, 0.15) is 26.7 Å². The third kappa shape index (κ3) is 22.7. The lowest BCUT2D eigenvalue weighted by Gasteiger charge is -1.94. The fourth-order valence-electron chi connectivity index (χ4n) is 0.392. The first-order valence-electron chi connectivity index (χ1n) is 4.27. The van der Waals surface area contributed by atoms with Crippen molar-refractivity contribution >= 4 is 0 Å². The summed E-state index contributed by atoms with van der Waals surface area (Å²) in [5.41, 5.74) is 0. The molecule has 0 aliphatic rings. The van der Waals surface area contributed by atoms with Gasteiger partial charge < -0.3 is 14.9 Å². The normalized spacial score (nSPS) is 9.33. The van der Waals surface area contributed by atoms with Crippen molar-refractivity contribution in [3.63, 3.8) is 0 Å². The fourth-order valence-corrected chi connectivity index (χ4v) is 0.392. The van der Waals surface area contributed by atoms with Crippen LogP contribution in [0.25, 0.3) is 0 Å². The summed E-state index contributed by atoms with van der Waals surface area (Å²) in [6.07, 6.45) is 5.99. The van der Waals surface area contributed by atoms with E-state index in [2.05, 4.69) is 6.92 Å². The van der Waals surface area contributed by atoms with Crippen molar-refractivity contribution in [2.45, 2.75) is 26.7 Å². The van der Waals surface area contributed by atoms with Crippen LogP contribution < -0.4 is 0 Å². The molecule has 0 unspecified atom stereocenters. The highest BCUT2D eigenvalue weighted by atomic mass is 16.5. The minimum atomic E-state index is -0.125. The molecule has 0 aliphatic heterocycles. The fraction of sp³-hybridized carbons (Fsp3) is 0.778. The van der Waals surface area contributed by atoms with E-state index in [1.807, 2.05) is 13.0 Å². The lowest BCUT2D eigenvalue weighted by molar-refractivity contribution is 0.186. The number of hydrogen-bond donors (Lipinski definition) is 2. The first kappa shape index (κ1) is 14.0. The molecule has 0 radical (unpaired) electrons. The van der Waals surface area contributed by atoms with Crippen molar-refractivity contribution < 1.29 is 14.9 Å². The number of ether oxygens (including phenoxy) is 1. The lowest BCUT2D eigenvalue weighted by atomic mass is 10.4. The van der Waals surface area contributed by atoms with Gasteiger partial charge >= 0.3 is 0 Å². The molecule has 0 saturated heterocycles. The molecule has 0 bridgehead atoms. The zero-order chi connectivity index (χ0) is 9.66. The smallest absolute Gasteiger partial charge is 0.0873 e. The summed E-state index contributed by atoms with van der Waals surface area (Å²) in [6, 6.07) is 0. The van der Waals surface area contributed by atoms with Gasteiger partial charge in [-0.25, -0.2) is 0 Å². The summed E-state index contributed by atoms with van der Waals surface area (Å²) in [6.45, 7) is 4.71. The summed E-state index contributed by atoms with van der Waals surface area (Å²) in [5, 5.41) is 15.2. The Morgan fingerprint density at radius 2 is 1.83 bits per heavy atom. The first-order chi connectivity index (χ1) is 5.83. The van der Waals surface area contributed by atoms with E-state index < -0.39 is 0 Å². The molecule has 0 fully saturated rings. The molecule has 2 N–H and O–H groups in total. The van der Waals surface area contributed by atoms with Crippen LogP contribution in [0, 0.1) is 0 Å². The zero-order valence-corrected chi connectivity index (χ0v) is 7.99. The van der Waals surface area contributed by atoms with Crippen molar-refractivity contribution in [3.05, 3.63) is 12.3 Å². The second-order valence-electron chi connectivity index (χ2n) is 2.14. The van der Waals surface area contributed by atoms with Gasteiger partial charge in [-0.15, -0.1) is 0 Å². The largest absolute Gasteiger partial charge is 0.502 e. The van der Waals surface area contributed by atoms with Gasteiger partial charge in [0.05, 0.1) is 26.1 Å². The molecule has 3 heteroatoms. The molecule has 0 aromatic heterocycles. The van der Waals surface area contributed by atoms with Gasteiger partial charge in [-0.3, -0.25) is 0 Å². The second kappa shape index (κ2) is 16.8. The SMILES string of the molecule is C/C=C\OCCCC.OCCO. The van der Waals surface area contributed by atoms with Crippen LogP contribution in [0.2, 0.25) is 0 Å². The molecule has 0 atom stereocenters. The Morgan fingerprint density at radius 3 is 2.17 bits per heavy atom. The number of allylic oxidation sites excluding steroid dienone is 1. The van der Waals surface area contributed by atoms with Crippen LogP contribution in [0.5, 0.6) is 0 Å². The second-order valence-corrected chi connectivity index (χ2v) is 2.14. The maximum atomic E-state index is 7.62. The number of aliphatic hydroxyl groups is 2. The third-order valence-corrected chi connectivity index (χ3v) is 0.948. The minimum absolute atomic E-state index is 0.125. The molecular formula is C9H20O3. The Bertz CT molecular complexity index is 79.8. The highest BCUT2D eigenvalue weighted by Crippen LogP contribution is 1.87. The van der Waals surface area contributed by atoms with Crippen molar-refractivity contribution in [2.75, 3.05) is 19.8 Å². The Labute approximate surface area is 74.7 Å². The van der Waals surface area contributed by atoms with Crippen molar-refractivity contribution in [1.82, 2.24) is 0 Å². The third-order valence-electron chi connectivity index (χ3n) is 0.948. The number of rotatable bonds is 5. The molecule has 0 spiro atoms. The van der Waals surface area contributed by atoms with E-state index in [-0.39, 0.29) is 13.2 Å². The highest BCUT2D eigenvalue weighted by molar-refractivity contribution is 4.64. The summed E-state index contributed by atoms with van der Waals surface area (Å²) in [5.74, 6) is 0. The van der Waals surface area contributed by atoms with Crippen molar-refractivity contribution in [3.8, 4) is 0 Å². The van der Waals surface area contributed by atoms with Gasteiger partial charge in [-0.1, -0.05) is 19.4 Å². The topological polar surface area (TPSA) is 49.7 Å². The van der Waals surface area contributed by atoms with E-state index in [4.69, 9.17) is 14.9 Å². The summed E-state index contributed by atoms with van der Waals surface area (Å²) < 4.78 is 5.04. The average molecular weight is 176 g/mol. The molecule has 0 amide bonds. The molecule has 0 aromatic carbocycles. The van der Waals surface area contributed by atoms with Gasteiger partial charge in [0, 0.05) is 0 Å². The summed E-state index contributed by atoms with van der Waals surface area (Å²) in [7, 11) is 0. The Balaban J connectivity index is 0. The van der Waals surface area contributed by atoms with Gasteiger partial charge in [0.2, 0.25) is 0 Å². The molecular weight excluding hydrogens is 156 g/mol. The van der Waals surface area contributed by atoms with Gasteiger partial charge in [-0.05, 0) is 13.3 Å². The van der Waals surface area contributed by atoms with Crippen LogP contribution in [0.15, 0.2) is 12.3 Å². The quantitative estimate of drug-likeness (QED) is 0.490. The van der Waals surface area contributed by atoms with E-state index in [9.17, 15) is 0 Å². The number of hydrogen-bond acceptors (Lipinski definition) is 3. The molecule has 0 aliphatic carbocycles. The minimum Gasteiger partial charge on any atom is -0.502 e. The van der Waals surface area contributed by atoms with Crippen LogP contribution in [0.3, 0.4) is 0 Å². The van der Waals surface area contributed by atoms with Gasteiger partial charge in [0.1, 0.15) is 0 Å². The number of aliphatic hydroxyl groups excluding tert-OH is 2. The van der Waals surface area contributed by atoms with Crippen LogP contribution in [0.4, 0.5) is 0 Å². The Hall–Kier alpha value is -0.540. The molecule has 0 heterocycles. The first-order valence-corrected chi connectivity index (χ1v) is 4.27. The van der Waals surface area contributed by atoms with Gasteiger partial charge in [0.15, 0.2) is 0 Å². The van der Waals surface area contributed by atoms with E-state index in [1.165, 1.54) is 6.42 Å². The molecule has 74 valence electrons. The number of unbranched alkanes of at least 4 members (excludes halogenated alkanes) is 1. The highest BCUT2D eigenvalue weighted by Gasteiger charge is 1.77. The Morgan fingerprint density at radius 1 is 1.25 bits per heavy atom. The van der Waals surface area contributed by atoms with Crippen molar-refractivity contribution in [1.29, 1.82) is 0 Å². The monoisotopic (exact) mass is 176 g/mol. The lowest BCUT2D eigenvalue weighted by Crippen LogP contribution is -1.85. The predicted octanol–water partition coefficient (Wildman–Crippen LogP) is 1.31. The molecule has 0 aromatic rings. The average Bonchev–Trinajstić information content (AvgIpc) is 2.13. The van der Waals surface area contributed by atoms with E-state index in [0.717, 1.165) is 13.0 Å². The van der Waals surface area contributed by atoms with E-state index in [0.29, 0.717) is 0 Å². The molecule has 0 rings (SSSR count). The van der Waals surface area contributed by atoms with E-state index >= 15 is 0 Å². The zero-order valence-electron chi connectivity index (χ0n) is 7.99. The standard InChI is InChI=1S/C7H14O.C2H6O2/c1-3-5-7-8-6-4-2;3-1-2-4/h4,6H,3,5,7H2,1-2H3;3-4H,1-2H2/b6-4-;. The summed E-state index contributed by atoms with van der Waals surface area (Å²) in [4.78, 5) is 0. The van der Waals surface area contributed by atoms with Gasteiger partial charge in [0.25, 0.3) is 0 Å². The van der Waals surface area contributed by atoms with Crippen LogP contribution in [-0.2, 0) is 4.74 Å².